The Morgan fingerprint density at radius 3 is 2.55 bits per heavy atom. The second-order valence-corrected chi connectivity index (χ2v) is 5.79. The van der Waals surface area contributed by atoms with Crippen molar-refractivity contribution in [1.29, 1.82) is 0 Å². The van der Waals surface area contributed by atoms with Crippen molar-refractivity contribution in [1.82, 2.24) is 5.32 Å². The first-order valence-corrected chi connectivity index (χ1v) is 7.63. The Labute approximate surface area is 123 Å². The number of carboxylic acid groups (broad SMARTS) is 1. The van der Waals surface area contributed by atoms with Gasteiger partial charge in [-0.25, -0.2) is 4.79 Å². The van der Waals surface area contributed by atoms with E-state index in [4.69, 9.17) is 0 Å². The van der Waals surface area contributed by atoms with Crippen LogP contribution in [0.4, 0.5) is 0 Å². The highest BCUT2D eigenvalue weighted by Gasteiger charge is 2.38. The molecule has 2 aromatic rings. The minimum atomic E-state index is -1.01. The van der Waals surface area contributed by atoms with Gasteiger partial charge in [0.2, 0.25) is 0 Å². The van der Waals surface area contributed by atoms with Crippen LogP contribution in [0.5, 0.6) is 0 Å². The summed E-state index contributed by atoms with van der Waals surface area (Å²) in [4.78, 5) is 13.1. The molecule has 4 heteroatoms. The molecule has 0 saturated heterocycles. The quantitative estimate of drug-likeness (QED) is 0.818. The summed E-state index contributed by atoms with van der Waals surface area (Å²) < 4.78 is 0. The van der Waals surface area contributed by atoms with E-state index in [1.54, 1.807) is 11.3 Å². The van der Waals surface area contributed by atoms with Gasteiger partial charge >= 0.3 is 5.97 Å². The second-order valence-electron chi connectivity index (χ2n) is 4.76. The van der Waals surface area contributed by atoms with Crippen LogP contribution in [0.15, 0.2) is 47.8 Å². The topological polar surface area (TPSA) is 49.3 Å². The lowest BCUT2D eigenvalue weighted by molar-refractivity contribution is -0.146. The lowest BCUT2D eigenvalue weighted by atomic mass is 9.85. The van der Waals surface area contributed by atoms with Crippen LogP contribution in [0.1, 0.15) is 30.2 Å². The summed E-state index contributed by atoms with van der Waals surface area (Å²) in [6, 6.07) is 13.4. The zero-order valence-electron chi connectivity index (χ0n) is 11.5. The molecule has 0 radical (unpaired) electrons. The summed E-state index contributed by atoms with van der Waals surface area (Å²) in [5.41, 5.74) is -0.203. The lowest BCUT2D eigenvalue weighted by Crippen LogP contribution is -2.48. The van der Waals surface area contributed by atoms with Crippen LogP contribution in [0.3, 0.4) is 0 Å². The van der Waals surface area contributed by atoms with Crippen molar-refractivity contribution in [3.05, 3.63) is 58.3 Å². The monoisotopic (exact) mass is 289 g/mol. The van der Waals surface area contributed by atoms with Crippen LogP contribution in [0, 0.1) is 0 Å². The number of carboxylic acids is 1. The minimum Gasteiger partial charge on any atom is -0.480 e. The first-order chi connectivity index (χ1) is 9.69. The molecule has 0 saturated carbocycles. The molecule has 0 amide bonds. The van der Waals surface area contributed by atoms with E-state index in [1.807, 2.05) is 54.8 Å². The molecule has 2 N–H and O–H groups in total. The molecule has 0 aliphatic heterocycles. The van der Waals surface area contributed by atoms with E-state index in [0.29, 0.717) is 13.0 Å². The first-order valence-electron chi connectivity index (χ1n) is 6.75. The average Bonchev–Trinajstić information content (AvgIpc) is 2.97. The molecule has 1 atom stereocenters. The molecule has 1 aromatic carbocycles. The van der Waals surface area contributed by atoms with Crippen molar-refractivity contribution in [3.63, 3.8) is 0 Å². The highest BCUT2D eigenvalue weighted by Crippen LogP contribution is 2.28. The maximum absolute atomic E-state index is 11.9. The molecule has 1 unspecified atom stereocenters. The van der Waals surface area contributed by atoms with Gasteiger partial charge in [-0.05, 0) is 23.4 Å². The van der Waals surface area contributed by atoms with Gasteiger partial charge < -0.3 is 5.11 Å². The largest absolute Gasteiger partial charge is 0.480 e. The van der Waals surface area contributed by atoms with Gasteiger partial charge in [0.1, 0.15) is 5.54 Å². The number of hydrogen-bond acceptors (Lipinski definition) is 3. The Morgan fingerprint density at radius 2 is 2.00 bits per heavy atom. The molecule has 0 bridgehead atoms. The highest BCUT2D eigenvalue weighted by molar-refractivity contribution is 7.09. The van der Waals surface area contributed by atoms with Crippen molar-refractivity contribution in [2.45, 2.75) is 31.8 Å². The van der Waals surface area contributed by atoms with E-state index in [2.05, 4.69) is 5.32 Å². The van der Waals surface area contributed by atoms with Gasteiger partial charge in [0.05, 0.1) is 0 Å². The maximum Gasteiger partial charge on any atom is 0.328 e. The summed E-state index contributed by atoms with van der Waals surface area (Å²) in [5, 5.41) is 15.0. The molecule has 0 aliphatic carbocycles. The van der Waals surface area contributed by atoms with Crippen molar-refractivity contribution in [2.75, 3.05) is 0 Å². The average molecular weight is 289 g/mol. The number of nitrogens with one attached hydrogen (secondary N) is 1. The van der Waals surface area contributed by atoms with Gasteiger partial charge in [-0.15, -0.1) is 11.3 Å². The van der Waals surface area contributed by atoms with Gasteiger partial charge in [-0.1, -0.05) is 49.7 Å². The van der Waals surface area contributed by atoms with Gasteiger partial charge in [0.25, 0.3) is 0 Å². The third-order valence-corrected chi connectivity index (χ3v) is 4.28. The number of benzene rings is 1. The Hall–Kier alpha value is -1.65. The molecule has 1 heterocycles. The molecule has 0 aliphatic rings. The van der Waals surface area contributed by atoms with E-state index in [0.717, 1.165) is 16.9 Å². The summed E-state index contributed by atoms with van der Waals surface area (Å²) in [6.07, 6.45) is 1.37. The van der Waals surface area contributed by atoms with E-state index in [-0.39, 0.29) is 0 Å². The molecule has 0 spiro atoms. The molecule has 2 rings (SSSR count). The van der Waals surface area contributed by atoms with Crippen LogP contribution >= 0.6 is 11.3 Å². The third-order valence-electron chi connectivity index (χ3n) is 3.40. The zero-order valence-corrected chi connectivity index (χ0v) is 12.3. The number of aliphatic carboxylic acids is 1. The molecule has 0 fully saturated rings. The Kier molecular flexibility index (Phi) is 4.93. The van der Waals surface area contributed by atoms with Crippen molar-refractivity contribution in [3.8, 4) is 0 Å². The minimum absolute atomic E-state index is 0.567. The van der Waals surface area contributed by atoms with E-state index < -0.39 is 11.5 Å². The highest BCUT2D eigenvalue weighted by atomic mass is 32.1. The number of thiophene rings is 1. The van der Waals surface area contributed by atoms with Gasteiger partial charge in [-0.3, -0.25) is 5.32 Å². The standard InChI is InChI=1S/C16H19NO2S/c1-2-10-16(15(18)19,13-7-4-3-5-8-13)17-12-14-9-6-11-20-14/h3-9,11,17H,2,10,12H2,1H3,(H,18,19). The first kappa shape index (κ1) is 14.8. The number of rotatable bonds is 7. The molecule has 3 nitrogen and oxygen atoms in total. The second kappa shape index (κ2) is 6.68. The predicted molar refractivity (Wildman–Crippen MR) is 81.8 cm³/mol. The van der Waals surface area contributed by atoms with Gasteiger partial charge in [-0.2, -0.15) is 0 Å². The van der Waals surface area contributed by atoms with Gasteiger partial charge in [0, 0.05) is 11.4 Å². The fourth-order valence-electron chi connectivity index (χ4n) is 2.39. The van der Waals surface area contributed by atoms with Crippen molar-refractivity contribution in [2.24, 2.45) is 0 Å². The summed E-state index contributed by atoms with van der Waals surface area (Å²) >= 11 is 1.63. The Morgan fingerprint density at radius 1 is 1.25 bits per heavy atom. The Balaban J connectivity index is 2.29. The van der Waals surface area contributed by atoms with E-state index in [9.17, 15) is 9.90 Å². The maximum atomic E-state index is 11.9. The van der Waals surface area contributed by atoms with Crippen LogP contribution in [-0.2, 0) is 16.9 Å². The van der Waals surface area contributed by atoms with Gasteiger partial charge in [0.15, 0.2) is 0 Å². The van der Waals surface area contributed by atoms with Crippen LogP contribution in [0.25, 0.3) is 0 Å². The van der Waals surface area contributed by atoms with Crippen LogP contribution in [0.2, 0.25) is 0 Å². The van der Waals surface area contributed by atoms with Crippen molar-refractivity contribution < 1.29 is 9.90 Å². The van der Waals surface area contributed by atoms with E-state index >= 15 is 0 Å². The number of hydrogen-bond donors (Lipinski definition) is 2. The summed E-state index contributed by atoms with van der Waals surface area (Å²) in [6.45, 7) is 2.58. The predicted octanol–water partition coefficient (Wildman–Crippen LogP) is 3.62. The fourth-order valence-corrected chi connectivity index (χ4v) is 3.03. The molecule has 1 aromatic heterocycles. The van der Waals surface area contributed by atoms with Crippen LogP contribution < -0.4 is 5.32 Å². The lowest BCUT2D eigenvalue weighted by Gasteiger charge is -2.31. The van der Waals surface area contributed by atoms with E-state index in [1.165, 1.54) is 0 Å². The Bertz CT molecular complexity index is 539. The normalized spacial score (nSPS) is 13.8. The molecular formula is C16H19NO2S. The summed E-state index contributed by atoms with van der Waals surface area (Å²) in [7, 11) is 0. The third kappa shape index (κ3) is 3.08. The SMILES string of the molecule is CCCC(NCc1cccs1)(C(=O)O)c1ccccc1. The molecule has 20 heavy (non-hydrogen) atoms. The zero-order chi connectivity index (χ0) is 14.4. The summed E-state index contributed by atoms with van der Waals surface area (Å²) in [5.74, 6) is -0.817. The number of carbonyl (C=O) groups is 1. The van der Waals surface area contributed by atoms with Crippen LogP contribution in [-0.4, -0.2) is 11.1 Å². The van der Waals surface area contributed by atoms with Crippen molar-refractivity contribution >= 4 is 17.3 Å². The molecule has 106 valence electrons. The smallest absolute Gasteiger partial charge is 0.328 e. The fraction of sp³-hybridized carbons (Fsp3) is 0.312. The molecular weight excluding hydrogens is 270 g/mol.